The van der Waals surface area contributed by atoms with Gasteiger partial charge in [-0.3, -0.25) is 9.59 Å². The molecule has 1 aliphatic heterocycles. The zero-order chi connectivity index (χ0) is 15.1. The number of rotatable bonds is 3. The molecule has 0 bridgehead atoms. The van der Waals surface area contributed by atoms with Crippen LogP contribution in [0, 0.1) is 5.92 Å². The lowest BCUT2D eigenvalue weighted by Crippen LogP contribution is -2.64. The van der Waals surface area contributed by atoms with Crippen LogP contribution >= 0.6 is 0 Å². The smallest absolute Gasteiger partial charge is 0.246 e. The highest BCUT2D eigenvalue weighted by Crippen LogP contribution is 2.36. The van der Waals surface area contributed by atoms with Gasteiger partial charge >= 0.3 is 0 Å². The summed E-state index contributed by atoms with van der Waals surface area (Å²) in [5.74, 6) is 0.499. The van der Waals surface area contributed by atoms with E-state index in [1.54, 1.807) is 4.90 Å². The SMILES string of the molecule is CC(C)C1NC(=O)C(C)N(CC2Cc3ccccc32)C1=O. The molecule has 1 heterocycles. The lowest BCUT2D eigenvalue weighted by molar-refractivity contribution is -0.150. The van der Waals surface area contributed by atoms with Gasteiger partial charge in [0.25, 0.3) is 0 Å². The molecule has 21 heavy (non-hydrogen) atoms. The Kier molecular flexibility index (Phi) is 3.47. The van der Waals surface area contributed by atoms with Gasteiger partial charge in [-0.05, 0) is 30.4 Å². The molecule has 1 aromatic rings. The third kappa shape index (κ3) is 2.33. The summed E-state index contributed by atoms with van der Waals surface area (Å²) in [4.78, 5) is 26.5. The minimum absolute atomic E-state index is 0.0408. The summed E-state index contributed by atoms with van der Waals surface area (Å²) in [5.41, 5.74) is 2.69. The van der Waals surface area contributed by atoms with Crippen molar-refractivity contribution in [3.8, 4) is 0 Å². The fraction of sp³-hybridized carbons (Fsp3) is 0.529. The molecule has 4 nitrogen and oxygen atoms in total. The Balaban J connectivity index is 1.77. The second kappa shape index (κ2) is 5.17. The van der Waals surface area contributed by atoms with Crippen molar-refractivity contribution >= 4 is 11.8 Å². The normalized spacial score (nSPS) is 28.2. The number of nitrogens with one attached hydrogen (secondary N) is 1. The Hall–Kier alpha value is -1.84. The zero-order valence-electron chi connectivity index (χ0n) is 12.8. The number of fused-ring (bicyclic) bond motifs is 1. The fourth-order valence-corrected chi connectivity index (χ4v) is 3.31. The van der Waals surface area contributed by atoms with Gasteiger partial charge in [-0.15, -0.1) is 0 Å². The summed E-state index contributed by atoms with van der Waals surface area (Å²) in [6, 6.07) is 7.59. The number of hydrogen-bond acceptors (Lipinski definition) is 2. The molecule has 0 radical (unpaired) electrons. The summed E-state index contributed by atoms with van der Waals surface area (Å²) in [6.07, 6.45) is 1.00. The van der Waals surface area contributed by atoms with E-state index in [4.69, 9.17) is 0 Å². The first-order valence-electron chi connectivity index (χ1n) is 7.67. The number of carbonyl (C=O) groups is 2. The third-order valence-electron chi connectivity index (χ3n) is 4.74. The van der Waals surface area contributed by atoms with E-state index in [0.29, 0.717) is 12.5 Å². The van der Waals surface area contributed by atoms with Gasteiger partial charge in [-0.1, -0.05) is 38.1 Å². The van der Waals surface area contributed by atoms with Gasteiger partial charge in [0.05, 0.1) is 0 Å². The van der Waals surface area contributed by atoms with E-state index in [2.05, 4.69) is 17.4 Å². The van der Waals surface area contributed by atoms with Crippen LogP contribution in [0.1, 0.15) is 37.8 Å². The maximum absolute atomic E-state index is 12.6. The summed E-state index contributed by atoms with van der Waals surface area (Å²) in [7, 11) is 0. The number of piperazine rings is 1. The molecule has 0 spiro atoms. The van der Waals surface area contributed by atoms with Crippen molar-refractivity contribution in [2.45, 2.75) is 45.2 Å². The molecule has 2 aliphatic rings. The molecule has 1 N–H and O–H groups in total. The van der Waals surface area contributed by atoms with Crippen molar-refractivity contribution in [1.29, 1.82) is 0 Å². The summed E-state index contributed by atoms with van der Waals surface area (Å²) >= 11 is 0. The first-order valence-corrected chi connectivity index (χ1v) is 7.67. The lowest BCUT2D eigenvalue weighted by atomic mass is 9.77. The summed E-state index contributed by atoms with van der Waals surface area (Å²) < 4.78 is 0. The second-order valence-electron chi connectivity index (χ2n) is 6.50. The number of benzene rings is 1. The van der Waals surface area contributed by atoms with Crippen molar-refractivity contribution in [2.75, 3.05) is 6.54 Å². The van der Waals surface area contributed by atoms with E-state index >= 15 is 0 Å². The molecule has 1 fully saturated rings. The second-order valence-corrected chi connectivity index (χ2v) is 6.50. The van der Waals surface area contributed by atoms with Crippen LogP contribution in [0.5, 0.6) is 0 Å². The third-order valence-corrected chi connectivity index (χ3v) is 4.74. The van der Waals surface area contributed by atoms with Crippen molar-refractivity contribution in [2.24, 2.45) is 5.92 Å². The molecule has 3 rings (SSSR count). The predicted octanol–water partition coefficient (Wildman–Crippen LogP) is 1.70. The maximum atomic E-state index is 12.6. The first kappa shape index (κ1) is 14.1. The van der Waals surface area contributed by atoms with E-state index in [1.807, 2.05) is 32.9 Å². The number of nitrogens with zero attached hydrogens (tertiary/aromatic N) is 1. The standard InChI is InChI=1S/C17H22N2O2/c1-10(2)15-17(21)19(11(3)16(20)18-15)9-13-8-12-6-4-5-7-14(12)13/h4-7,10-11,13,15H,8-9H2,1-3H3,(H,18,20). The van der Waals surface area contributed by atoms with Crippen LogP contribution in [0.3, 0.4) is 0 Å². The molecule has 112 valence electrons. The van der Waals surface area contributed by atoms with E-state index in [0.717, 1.165) is 6.42 Å². The molecular weight excluding hydrogens is 264 g/mol. The molecule has 3 unspecified atom stereocenters. The van der Waals surface area contributed by atoms with Gasteiger partial charge < -0.3 is 10.2 Å². The van der Waals surface area contributed by atoms with Crippen LogP contribution in [0.2, 0.25) is 0 Å². The van der Waals surface area contributed by atoms with Crippen LogP contribution in [0.25, 0.3) is 0 Å². The van der Waals surface area contributed by atoms with Crippen LogP contribution in [0.4, 0.5) is 0 Å². The number of hydrogen-bond donors (Lipinski definition) is 1. The van der Waals surface area contributed by atoms with Gasteiger partial charge in [0.15, 0.2) is 0 Å². The van der Waals surface area contributed by atoms with Gasteiger partial charge in [0.1, 0.15) is 12.1 Å². The monoisotopic (exact) mass is 286 g/mol. The highest BCUT2D eigenvalue weighted by Gasteiger charge is 2.41. The minimum atomic E-state index is -0.385. The average molecular weight is 286 g/mol. The Morgan fingerprint density at radius 1 is 1.29 bits per heavy atom. The Morgan fingerprint density at radius 2 is 2.00 bits per heavy atom. The van der Waals surface area contributed by atoms with E-state index < -0.39 is 0 Å². The average Bonchev–Trinajstić information content (AvgIpc) is 2.43. The van der Waals surface area contributed by atoms with Crippen molar-refractivity contribution in [1.82, 2.24) is 10.2 Å². The van der Waals surface area contributed by atoms with Crippen LogP contribution in [-0.4, -0.2) is 35.3 Å². The number of amides is 2. The number of carbonyl (C=O) groups excluding carboxylic acids is 2. The van der Waals surface area contributed by atoms with Gasteiger partial charge in [0, 0.05) is 12.5 Å². The van der Waals surface area contributed by atoms with Crippen molar-refractivity contribution in [3.63, 3.8) is 0 Å². The highest BCUT2D eigenvalue weighted by molar-refractivity contribution is 5.96. The Bertz CT molecular complexity index is 582. The Labute approximate surface area is 125 Å². The van der Waals surface area contributed by atoms with Crippen molar-refractivity contribution in [3.05, 3.63) is 35.4 Å². The quantitative estimate of drug-likeness (QED) is 0.919. The molecule has 1 saturated heterocycles. The fourth-order valence-electron chi connectivity index (χ4n) is 3.31. The topological polar surface area (TPSA) is 49.4 Å². The summed E-state index contributed by atoms with van der Waals surface area (Å²) in [6.45, 7) is 6.40. The predicted molar refractivity (Wildman–Crippen MR) is 80.8 cm³/mol. The van der Waals surface area contributed by atoms with Crippen LogP contribution < -0.4 is 5.32 Å². The van der Waals surface area contributed by atoms with Gasteiger partial charge in [-0.2, -0.15) is 0 Å². The van der Waals surface area contributed by atoms with Gasteiger partial charge in [-0.25, -0.2) is 0 Å². The largest absolute Gasteiger partial charge is 0.342 e. The molecule has 1 aromatic carbocycles. The molecule has 2 amide bonds. The molecule has 1 aliphatic carbocycles. The Morgan fingerprint density at radius 3 is 2.67 bits per heavy atom. The van der Waals surface area contributed by atoms with Crippen molar-refractivity contribution < 1.29 is 9.59 Å². The molecule has 3 atom stereocenters. The summed E-state index contributed by atoms with van der Waals surface area (Å²) in [5, 5.41) is 2.84. The van der Waals surface area contributed by atoms with Crippen LogP contribution in [-0.2, 0) is 16.0 Å². The first-order chi connectivity index (χ1) is 9.99. The van der Waals surface area contributed by atoms with Crippen LogP contribution in [0.15, 0.2) is 24.3 Å². The molecule has 0 aromatic heterocycles. The molecule has 0 saturated carbocycles. The van der Waals surface area contributed by atoms with E-state index in [9.17, 15) is 9.59 Å². The maximum Gasteiger partial charge on any atom is 0.246 e. The lowest BCUT2D eigenvalue weighted by Gasteiger charge is -2.42. The highest BCUT2D eigenvalue weighted by atomic mass is 16.2. The van der Waals surface area contributed by atoms with E-state index in [1.165, 1.54) is 11.1 Å². The molecular formula is C17H22N2O2. The molecule has 4 heteroatoms. The van der Waals surface area contributed by atoms with E-state index in [-0.39, 0.29) is 29.8 Å². The zero-order valence-corrected chi connectivity index (χ0v) is 12.8. The minimum Gasteiger partial charge on any atom is -0.342 e. The van der Waals surface area contributed by atoms with Gasteiger partial charge in [0.2, 0.25) is 11.8 Å².